The minimum atomic E-state index is -0.918. The van der Waals surface area contributed by atoms with Crippen LogP contribution in [0.2, 0.25) is 0 Å². The molecule has 1 heterocycles. The van der Waals surface area contributed by atoms with Gasteiger partial charge in [0.15, 0.2) is 0 Å². The third-order valence-corrected chi connectivity index (χ3v) is 4.11. The topological polar surface area (TPSA) is 86.7 Å². The third kappa shape index (κ3) is 5.59. The molecule has 6 nitrogen and oxygen atoms in total. The molecule has 0 aliphatic carbocycles. The van der Waals surface area contributed by atoms with E-state index in [0.29, 0.717) is 30.6 Å². The molecule has 1 aliphatic heterocycles. The fourth-order valence-electron chi connectivity index (χ4n) is 3.05. The summed E-state index contributed by atoms with van der Waals surface area (Å²) in [7, 11) is 0. The molecular weight excluding hydrogens is 320 g/mol. The Morgan fingerprint density at radius 2 is 2.00 bits per heavy atom. The first-order valence-corrected chi connectivity index (χ1v) is 8.57. The van der Waals surface area contributed by atoms with E-state index in [-0.39, 0.29) is 23.7 Å². The summed E-state index contributed by atoms with van der Waals surface area (Å²) < 4.78 is 0. The van der Waals surface area contributed by atoms with Gasteiger partial charge in [0.2, 0.25) is 11.8 Å². The maximum absolute atomic E-state index is 12.6. The Hall–Kier alpha value is -2.37. The predicted octanol–water partition coefficient (Wildman–Crippen LogP) is 2.68. The second-order valence-electron chi connectivity index (χ2n) is 7.74. The Kier molecular flexibility index (Phi) is 5.82. The molecule has 0 radical (unpaired) electrons. The Morgan fingerprint density at radius 1 is 1.28 bits per heavy atom. The van der Waals surface area contributed by atoms with Crippen molar-refractivity contribution in [1.82, 2.24) is 4.90 Å². The van der Waals surface area contributed by atoms with Crippen LogP contribution in [0.1, 0.15) is 45.6 Å². The highest BCUT2D eigenvalue weighted by Gasteiger charge is 2.35. The van der Waals surface area contributed by atoms with E-state index in [1.165, 1.54) is 0 Å². The van der Waals surface area contributed by atoms with Gasteiger partial charge in [0.1, 0.15) is 6.04 Å². The van der Waals surface area contributed by atoms with Crippen molar-refractivity contribution in [3.63, 3.8) is 0 Å². The van der Waals surface area contributed by atoms with Crippen molar-refractivity contribution in [3.8, 4) is 0 Å². The average molecular weight is 346 g/mol. The van der Waals surface area contributed by atoms with Crippen LogP contribution in [-0.4, -0.2) is 40.4 Å². The van der Waals surface area contributed by atoms with Crippen molar-refractivity contribution in [1.29, 1.82) is 0 Å². The molecule has 2 amide bonds. The van der Waals surface area contributed by atoms with E-state index in [1.54, 1.807) is 29.2 Å². The van der Waals surface area contributed by atoms with Crippen LogP contribution in [0.25, 0.3) is 0 Å². The van der Waals surface area contributed by atoms with Crippen LogP contribution in [0.4, 0.5) is 5.69 Å². The van der Waals surface area contributed by atoms with Crippen molar-refractivity contribution in [2.24, 2.45) is 5.41 Å². The lowest BCUT2D eigenvalue weighted by Gasteiger charge is -2.27. The minimum absolute atomic E-state index is 0.00442. The molecule has 1 atom stereocenters. The van der Waals surface area contributed by atoms with Crippen LogP contribution >= 0.6 is 0 Å². The first kappa shape index (κ1) is 19.0. The molecule has 2 rings (SSSR count). The molecule has 1 aliphatic rings. The first-order chi connectivity index (χ1) is 11.7. The van der Waals surface area contributed by atoms with E-state index in [0.717, 1.165) is 6.42 Å². The van der Waals surface area contributed by atoms with Crippen LogP contribution in [0, 0.1) is 5.41 Å². The van der Waals surface area contributed by atoms with Crippen molar-refractivity contribution in [3.05, 3.63) is 29.8 Å². The normalized spacial score (nSPS) is 17.4. The summed E-state index contributed by atoms with van der Waals surface area (Å²) in [6.07, 6.45) is 1.78. The van der Waals surface area contributed by atoms with Crippen molar-refractivity contribution in [2.75, 3.05) is 11.9 Å². The number of nitrogens with zero attached hydrogens (tertiary/aromatic N) is 1. The summed E-state index contributed by atoms with van der Waals surface area (Å²) in [4.78, 5) is 37.6. The summed E-state index contributed by atoms with van der Waals surface area (Å²) in [5.41, 5.74) is 1.06. The Bertz CT molecular complexity index is 664. The molecule has 2 N–H and O–H groups in total. The van der Waals surface area contributed by atoms with Gasteiger partial charge >= 0.3 is 5.97 Å². The standard InChI is InChI=1S/C19H26N2O4/c1-19(2,3)12-16(22)21-9-5-8-15(21)18(25)20-14-7-4-6-13(10-14)11-17(23)24/h4,6-7,10,15H,5,8-9,11-12H2,1-3H3,(H,20,25)(H,23,24). The van der Waals surface area contributed by atoms with Crippen molar-refractivity contribution < 1.29 is 19.5 Å². The molecule has 0 bridgehead atoms. The van der Waals surface area contributed by atoms with Crippen LogP contribution in [0.15, 0.2) is 24.3 Å². The molecule has 0 saturated carbocycles. The van der Waals surface area contributed by atoms with Gasteiger partial charge < -0.3 is 15.3 Å². The average Bonchev–Trinajstić information content (AvgIpc) is 2.94. The zero-order chi connectivity index (χ0) is 18.6. The van der Waals surface area contributed by atoms with Gasteiger partial charge in [0.05, 0.1) is 6.42 Å². The van der Waals surface area contributed by atoms with Gasteiger partial charge in [-0.25, -0.2) is 0 Å². The number of rotatable bonds is 5. The molecule has 1 saturated heterocycles. The van der Waals surface area contributed by atoms with E-state index in [9.17, 15) is 14.4 Å². The zero-order valence-electron chi connectivity index (χ0n) is 15.0. The van der Waals surface area contributed by atoms with E-state index in [1.807, 2.05) is 20.8 Å². The second-order valence-corrected chi connectivity index (χ2v) is 7.74. The summed E-state index contributed by atoms with van der Waals surface area (Å²) in [6.45, 7) is 6.62. The summed E-state index contributed by atoms with van der Waals surface area (Å²) in [6, 6.07) is 6.34. The number of carboxylic acids is 1. The number of carbonyl (C=O) groups is 3. The van der Waals surface area contributed by atoms with E-state index in [4.69, 9.17) is 5.11 Å². The first-order valence-electron chi connectivity index (χ1n) is 8.57. The quantitative estimate of drug-likeness (QED) is 0.858. The number of amides is 2. The molecule has 1 aromatic carbocycles. The molecule has 1 fully saturated rings. The number of likely N-dealkylation sites (tertiary alicyclic amines) is 1. The summed E-state index contributed by atoms with van der Waals surface area (Å²) in [5.74, 6) is -1.13. The number of nitrogens with one attached hydrogen (secondary N) is 1. The molecular formula is C19H26N2O4. The molecule has 0 aromatic heterocycles. The maximum Gasteiger partial charge on any atom is 0.307 e. The Balaban J connectivity index is 2.04. The lowest BCUT2D eigenvalue weighted by atomic mass is 9.91. The lowest BCUT2D eigenvalue weighted by Crippen LogP contribution is -2.44. The zero-order valence-corrected chi connectivity index (χ0v) is 15.0. The third-order valence-electron chi connectivity index (χ3n) is 4.11. The number of benzene rings is 1. The highest BCUT2D eigenvalue weighted by atomic mass is 16.4. The maximum atomic E-state index is 12.6. The Morgan fingerprint density at radius 3 is 2.64 bits per heavy atom. The number of carboxylic acid groups (broad SMARTS) is 1. The van der Waals surface area contributed by atoms with E-state index in [2.05, 4.69) is 5.32 Å². The lowest BCUT2D eigenvalue weighted by molar-refractivity contribution is -0.138. The van der Waals surface area contributed by atoms with Crippen LogP contribution in [0.5, 0.6) is 0 Å². The highest BCUT2D eigenvalue weighted by molar-refractivity contribution is 5.97. The van der Waals surface area contributed by atoms with Gasteiger partial charge in [0.25, 0.3) is 0 Å². The van der Waals surface area contributed by atoms with Gasteiger partial charge in [-0.1, -0.05) is 32.9 Å². The molecule has 136 valence electrons. The highest BCUT2D eigenvalue weighted by Crippen LogP contribution is 2.25. The number of carbonyl (C=O) groups excluding carboxylic acids is 2. The summed E-state index contributed by atoms with van der Waals surface area (Å²) >= 11 is 0. The predicted molar refractivity (Wildman–Crippen MR) is 95.2 cm³/mol. The monoisotopic (exact) mass is 346 g/mol. The van der Waals surface area contributed by atoms with Gasteiger partial charge in [-0.2, -0.15) is 0 Å². The second kappa shape index (κ2) is 7.68. The van der Waals surface area contributed by atoms with E-state index >= 15 is 0 Å². The number of hydrogen-bond donors (Lipinski definition) is 2. The van der Waals surface area contributed by atoms with Gasteiger partial charge in [-0.05, 0) is 36.0 Å². The van der Waals surface area contributed by atoms with Crippen LogP contribution < -0.4 is 5.32 Å². The van der Waals surface area contributed by atoms with Crippen LogP contribution in [0.3, 0.4) is 0 Å². The van der Waals surface area contributed by atoms with E-state index < -0.39 is 12.0 Å². The number of anilines is 1. The molecule has 6 heteroatoms. The smallest absolute Gasteiger partial charge is 0.307 e. The summed E-state index contributed by atoms with van der Waals surface area (Å²) in [5, 5.41) is 11.7. The van der Waals surface area contributed by atoms with Crippen molar-refractivity contribution in [2.45, 2.75) is 52.5 Å². The molecule has 1 unspecified atom stereocenters. The molecule has 25 heavy (non-hydrogen) atoms. The molecule has 1 aromatic rings. The van der Waals surface area contributed by atoms with Crippen LogP contribution in [-0.2, 0) is 20.8 Å². The fraction of sp³-hybridized carbons (Fsp3) is 0.526. The fourth-order valence-corrected chi connectivity index (χ4v) is 3.05. The number of hydrogen-bond acceptors (Lipinski definition) is 3. The Labute approximate surface area is 148 Å². The van der Waals surface area contributed by atoms with Gasteiger partial charge in [0, 0.05) is 18.7 Å². The van der Waals surface area contributed by atoms with Gasteiger partial charge in [-0.3, -0.25) is 14.4 Å². The van der Waals surface area contributed by atoms with Gasteiger partial charge in [-0.15, -0.1) is 0 Å². The number of aliphatic carboxylic acids is 1. The minimum Gasteiger partial charge on any atom is -0.481 e. The largest absolute Gasteiger partial charge is 0.481 e. The van der Waals surface area contributed by atoms with Crippen molar-refractivity contribution >= 4 is 23.5 Å². The molecule has 0 spiro atoms. The SMILES string of the molecule is CC(C)(C)CC(=O)N1CCCC1C(=O)Nc1cccc(CC(=O)O)c1.